The van der Waals surface area contributed by atoms with Gasteiger partial charge >= 0.3 is 0 Å². The Balaban J connectivity index is 0.000000117. The largest absolute Gasteiger partial charge is 0.380 e. The molecule has 2 atom stereocenters. The van der Waals surface area contributed by atoms with Gasteiger partial charge < -0.3 is 4.74 Å². The molecule has 0 amide bonds. The number of hydrogen-bond acceptors (Lipinski definition) is 25. The summed E-state index contributed by atoms with van der Waals surface area (Å²) in [6, 6.07) is 34.5. The maximum atomic E-state index is 5.48. The number of rotatable bonds is 21. The van der Waals surface area contributed by atoms with Crippen molar-refractivity contribution in [2.45, 2.75) is 152 Å². The number of ether oxygens (including phenoxy) is 1. The number of pyridine rings is 8. The predicted octanol–water partition coefficient (Wildman–Crippen LogP) is 17.4. The molecule has 600 valence electrons. The summed E-state index contributed by atoms with van der Waals surface area (Å²) >= 11 is 6.64. The molecule has 8 aliphatic rings. The zero-order valence-corrected chi connectivity index (χ0v) is 70.5. The Bertz CT molecular complexity index is 5850. The highest BCUT2D eigenvalue weighted by molar-refractivity contribution is 7.19. The zero-order valence-electron chi connectivity index (χ0n) is 67.3. The number of likely N-dealkylation sites (tertiary alicyclic amines) is 4. The Morgan fingerprint density at radius 1 is 0.427 bits per heavy atom. The lowest BCUT2D eigenvalue weighted by atomic mass is 9.93. The van der Waals surface area contributed by atoms with E-state index in [4.69, 9.17) is 44.6 Å². The minimum atomic E-state index is 0. The maximum absolute atomic E-state index is 5.48. The summed E-state index contributed by atoms with van der Waals surface area (Å²) in [5.41, 5.74) is 26.1. The Morgan fingerprint density at radius 2 is 0.838 bits per heavy atom. The molecular formula is C92H102N20OS4. The van der Waals surface area contributed by atoms with Gasteiger partial charge in [-0.05, 0) is 234 Å². The molecule has 0 spiro atoms. The number of aliphatic imine (C=N–C) groups is 4. The number of nitrogens with zero attached hydrogens (tertiary/aromatic N) is 20. The van der Waals surface area contributed by atoms with Gasteiger partial charge in [0.05, 0.1) is 55.1 Å². The minimum absolute atomic E-state index is 0. The van der Waals surface area contributed by atoms with Crippen LogP contribution in [0.2, 0.25) is 0 Å². The molecule has 12 aromatic heterocycles. The Kier molecular flexibility index (Phi) is 25.6. The molecule has 0 aromatic carbocycles. The lowest BCUT2D eigenvalue weighted by Gasteiger charge is -2.21. The molecule has 117 heavy (non-hydrogen) atoms. The fourth-order valence-corrected chi connectivity index (χ4v) is 20.1. The molecule has 0 radical (unpaired) electrons. The van der Waals surface area contributed by atoms with Crippen LogP contribution in [-0.4, -0.2) is 196 Å². The van der Waals surface area contributed by atoms with Crippen molar-refractivity contribution in [1.82, 2.24) is 79.4 Å². The Morgan fingerprint density at radius 3 is 1.21 bits per heavy atom. The minimum Gasteiger partial charge on any atom is -0.380 e. The molecule has 8 aliphatic heterocycles. The summed E-state index contributed by atoms with van der Waals surface area (Å²) < 4.78 is 5.48. The highest BCUT2D eigenvalue weighted by Gasteiger charge is 2.30. The van der Waals surface area contributed by atoms with Crippen molar-refractivity contribution < 1.29 is 4.74 Å². The molecule has 20 heterocycles. The van der Waals surface area contributed by atoms with Crippen LogP contribution >= 0.6 is 45.3 Å². The van der Waals surface area contributed by atoms with Gasteiger partial charge in [0, 0.05) is 179 Å². The van der Waals surface area contributed by atoms with E-state index in [9.17, 15) is 0 Å². The molecule has 25 heteroatoms. The second-order valence-corrected chi connectivity index (χ2v) is 36.7. The molecule has 4 saturated heterocycles. The normalized spacial score (nSPS) is 18.6. The second kappa shape index (κ2) is 37.0. The Hall–Kier alpha value is -9.80. The SMILES string of the molecule is C.C1=NCC=C1c1ccc2nc(Cc3cc(CN4CCCC4)ccn3)sc2n1.CC1=C(c2ccc3nc(Cc4cc(CN5CCC(C)(C)C5)ccn4)sc3n2)C=NC1.CC1=C(c2ccc3nc(Cc4cc(CN5CCCC5C)ccn4)sc3n2)C=NC1.COC1CCN(Cc2ccnc(Cc3nc4ccc(C5=C(C)CN=C5)nc4s3)c2)C1. The second-order valence-electron chi connectivity index (χ2n) is 32.4. The van der Waals surface area contributed by atoms with Crippen molar-refractivity contribution >= 4 is 134 Å². The summed E-state index contributed by atoms with van der Waals surface area (Å²) in [5.74, 6) is 0. The molecule has 0 bridgehead atoms. The topological polar surface area (TPSA) is 226 Å². The first-order chi connectivity index (χ1) is 56.6. The molecule has 0 saturated carbocycles. The number of thiazole rings is 4. The van der Waals surface area contributed by atoms with E-state index >= 15 is 0 Å². The standard InChI is InChI=1S/C24H27N5S.C23H25N5OS.C23H25N5S.C21H21N5S.CH4/c1-16-12-25-13-19(16)20-4-5-21-23(28-20)30-22(27-21)11-18-10-17(6-8-26-18)14-29-9-7-24(2,3)15-29;1-15-11-24-12-19(15)20-3-4-21-23(27-20)30-22(26-21)10-17-9-16(5-7-25-17)13-28-8-6-18(14-28)29-2;1-15-12-24-13-19(15)20-5-6-21-23(27-20)29-22(26-21)11-18-10-17(7-8-25-18)14-28-9-3-4-16(28)2;1-2-10-26(9-1)14-15-5-8-23-17(11-15)12-20-24-19-4-3-18(25-21(19)27-20)16-6-7-22-13-16;/h4-6,8,10,13H,7,9,11-12,14-15H2,1-3H3;3-5,7,9,12,18H,6,8,10-11,13-14H2,1-2H3;5-8,10,13,16H,3-4,9,11-12,14H2,1-2H3;3-6,8,11,13H,1-2,7,9-10,12,14H2;1H4. The van der Waals surface area contributed by atoms with E-state index in [1.165, 1.54) is 97.3 Å². The quantitative estimate of drug-likeness (QED) is 0.0651. The van der Waals surface area contributed by atoms with E-state index in [-0.39, 0.29) is 7.43 Å². The number of methoxy groups -OCH3 is 1. The van der Waals surface area contributed by atoms with Crippen molar-refractivity contribution in [1.29, 1.82) is 0 Å². The van der Waals surface area contributed by atoms with Crippen LogP contribution in [0.1, 0.15) is 175 Å². The summed E-state index contributed by atoms with van der Waals surface area (Å²) in [7, 11) is 1.80. The molecule has 0 aliphatic carbocycles. The van der Waals surface area contributed by atoms with Crippen molar-refractivity contribution in [3.05, 3.63) is 232 Å². The van der Waals surface area contributed by atoms with E-state index in [2.05, 4.69) is 192 Å². The lowest BCUT2D eigenvalue weighted by molar-refractivity contribution is 0.107. The summed E-state index contributed by atoms with van der Waals surface area (Å²) in [5, 5.41) is 4.24. The van der Waals surface area contributed by atoms with Crippen LogP contribution in [0.5, 0.6) is 0 Å². The summed E-state index contributed by atoms with van der Waals surface area (Å²) in [4.78, 5) is 88.1. The van der Waals surface area contributed by atoms with Gasteiger partial charge in [-0.3, -0.25) is 59.5 Å². The van der Waals surface area contributed by atoms with Gasteiger partial charge in [-0.2, -0.15) is 0 Å². The molecule has 2 unspecified atom stereocenters. The van der Waals surface area contributed by atoms with E-state index < -0.39 is 0 Å². The number of allylic oxidation sites excluding steroid dienone is 4. The first-order valence-electron chi connectivity index (χ1n) is 40.7. The van der Waals surface area contributed by atoms with Gasteiger partial charge in [0.15, 0.2) is 0 Å². The Labute approximate surface area is 701 Å². The molecule has 21 nitrogen and oxygen atoms in total. The fraction of sp³-hybridized carbons (Fsp3) is 0.391. The van der Waals surface area contributed by atoms with Crippen molar-refractivity contribution in [2.24, 2.45) is 25.4 Å². The highest BCUT2D eigenvalue weighted by Crippen LogP contribution is 2.34. The molecule has 0 N–H and O–H groups in total. The molecular weight excluding hydrogens is 1530 g/mol. The zero-order chi connectivity index (χ0) is 79.1. The van der Waals surface area contributed by atoms with Gasteiger partial charge in [-0.15, -0.1) is 0 Å². The van der Waals surface area contributed by atoms with Crippen LogP contribution in [-0.2, 0) is 56.6 Å². The average Bonchev–Trinajstić information content (AvgIpc) is 1.67. The highest BCUT2D eigenvalue weighted by atomic mass is 32.1. The van der Waals surface area contributed by atoms with Gasteiger partial charge in [0.2, 0.25) is 0 Å². The monoisotopic (exact) mass is 1630 g/mol. The first kappa shape index (κ1) is 81.0. The third-order valence-corrected chi connectivity index (χ3v) is 26.5. The van der Waals surface area contributed by atoms with E-state index in [1.54, 1.807) is 52.5 Å². The number of hydrogen-bond donors (Lipinski definition) is 0. The fourth-order valence-electron chi connectivity index (χ4n) is 16.3. The van der Waals surface area contributed by atoms with Crippen LogP contribution in [0.15, 0.2) is 165 Å². The van der Waals surface area contributed by atoms with Crippen LogP contribution in [0.25, 0.3) is 63.7 Å². The van der Waals surface area contributed by atoms with Crippen LogP contribution in [0, 0.1) is 5.41 Å². The third kappa shape index (κ3) is 20.3. The first-order valence-corrected chi connectivity index (χ1v) is 43.9. The summed E-state index contributed by atoms with van der Waals surface area (Å²) in [6.07, 6.45) is 28.5. The molecule has 4 fully saturated rings. The average molecular weight is 1630 g/mol. The van der Waals surface area contributed by atoms with Crippen molar-refractivity contribution in [3.63, 3.8) is 0 Å². The predicted molar refractivity (Wildman–Crippen MR) is 482 cm³/mol. The lowest BCUT2D eigenvalue weighted by Crippen LogP contribution is -2.26. The van der Waals surface area contributed by atoms with Crippen molar-refractivity contribution in [3.8, 4) is 0 Å². The summed E-state index contributed by atoms with van der Waals surface area (Å²) in [6.45, 7) is 28.5. The molecule has 12 aromatic rings. The van der Waals surface area contributed by atoms with Gasteiger partial charge in [0.25, 0.3) is 0 Å². The van der Waals surface area contributed by atoms with Crippen LogP contribution < -0.4 is 0 Å². The number of aromatic nitrogens is 12. The van der Waals surface area contributed by atoms with Gasteiger partial charge in [0.1, 0.15) is 61.4 Å². The maximum Gasteiger partial charge on any atom is 0.144 e. The number of fused-ring (bicyclic) bond motifs is 4. The van der Waals surface area contributed by atoms with E-state index in [0.29, 0.717) is 17.6 Å². The van der Waals surface area contributed by atoms with Crippen molar-refractivity contribution in [2.75, 3.05) is 79.1 Å². The van der Waals surface area contributed by atoms with Crippen LogP contribution in [0.3, 0.4) is 0 Å². The smallest absolute Gasteiger partial charge is 0.144 e. The molecule has 20 rings (SSSR count). The van der Waals surface area contributed by atoms with Gasteiger partial charge in [-0.1, -0.05) is 72.7 Å². The third-order valence-electron chi connectivity index (χ3n) is 22.7. The van der Waals surface area contributed by atoms with E-state index in [1.807, 2.05) is 61.8 Å². The van der Waals surface area contributed by atoms with Gasteiger partial charge in [-0.25, -0.2) is 39.9 Å². The van der Waals surface area contributed by atoms with E-state index in [0.717, 1.165) is 233 Å². The van der Waals surface area contributed by atoms with Crippen LogP contribution in [0.4, 0.5) is 0 Å².